The average Bonchev–Trinajstić information content (AvgIpc) is 2.47. The van der Waals surface area contributed by atoms with Gasteiger partial charge in [0.15, 0.2) is 11.6 Å². The molecule has 4 nitrogen and oxygen atoms in total. The normalized spacial score (nSPS) is 11.3. The molecular weight excluding hydrogens is 278 g/mol. The number of benzene rings is 2. The van der Waals surface area contributed by atoms with Gasteiger partial charge < -0.3 is 5.11 Å². The lowest BCUT2D eigenvalue weighted by atomic mass is 10.1. The van der Waals surface area contributed by atoms with Gasteiger partial charge in [-0.25, -0.2) is 13.6 Å². The summed E-state index contributed by atoms with van der Waals surface area (Å²) in [5.41, 5.74) is 3.79. The smallest absolute Gasteiger partial charge is 0.337 e. The Hall–Kier alpha value is -2.76. The minimum atomic E-state index is -1.08. The minimum Gasteiger partial charge on any atom is -0.478 e. The number of aromatic carboxylic acids is 1. The summed E-state index contributed by atoms with van der Waals surface area (Å²) in [6.07, 6.45) is 0. The Labute approximate surface area is 119 Å². The predicted molar refractivity (Wildman–Crippen MR) is 75.6 cm³/mol. The summed E-state index contributed by atoms with van der Waals surface area (Å²) < 4.78 is 26.0. The van der Waals surface area contributed by atoms with Crippen LogP contribution < -0.4 is 5.43 Å². The van der Waals surface area contributed by atoms with Crippen LogP contribution in [0.25, 0.3) is 0 Å². The number of nitrogens with zero attached hydrogens (tertiary/aromatic N) is 1. The number of hydrogen-bond acceptors (Lipinski definition) is 3. The van der Waals surface area contributed by atoms with Gasteiger partial charge >= 0.3 is 5.97 Å². The lowest BCUT2D eigenvalue weighted by Crippen LogP contribution is -2.05. The summed E-state index contributed by atoms with van der Waals surface area (Å²) in [5, 5.41) is 13.0. The molecule has 21 heavy (non-hydrogen) atoms. The highest BCUT2D eigenvalue weighted by Crippen LogP contribution is 2.15. The summed E-state index contributed by atoms with van der Waals surface area (Å²) >= 11 is 0. The topological polar surface area (TPSA) is 61.7 Å². The highest BCUT2D eigenvalue weighted by atomic mass is 19.2. The molecular formula is C15H12F2N2O2. The number of carbonyl (C=O) groups is 1. The van der Waals surface area contributed by atoms with Crippen molar-refractivity contribution in [2.75, 3.05) is 5.43 Å². The largest absolute Gasteiger partial charge is 0.478 e. The van der Waals surface area contributed by atoms with Crippen LogP contribution in [0.4, 0.5) is 14.5 Å². The Morgan fingerprint density at radius 1 is 1.14 bits per heavy atom. The van der Waals surface area contributed by atoms with Crippen molar-refractivity contribution in [3.63, 3.8) is 0 Å². The molecule has 0 amide bonds. The Morgan fingerprint density at radius 2 is 1.86 bits per heavy atom. The number of rotatable bonds is 4. The molecule has 0 radical (unpaired) electrons. The number of carboxylic acids is 1. The van der Waals surface area contributed by atoms with Crippen LogP contribution in [-0.4, -0.2) is 16.8 Å². The summed E-state index contributed by atoms with van der Waals surface area (Å²) in [4.78, 5) is 11.0. The van der Waals surface area contributed by atoms with Crippen molar-refractivity contribution in [3.8, 4) is 0 Å². The Morgan fingerprint density at radius 3 is 2.52 bits per heavy atom. The van der Waals surface area contributed by atoms with Crippen LogP contribution in [0.2, 0.25) is 0 Å². The molecule has 0 aliphatic heterocycles. The van der Waals surface area contributed by atoms with Crippen LogP contribution in [0.5, 0.6) is 0 Å². The standard InChI is InChI=1S/C15H12F2N2O2/c1-9(10-6-7-12(16)13(17)8-10)18-19-14-5-3-2-4-11(14)15(20)21/h2-8,19H,1H3,(H,20,21). The van der Waals surface area contributed by atoms with Crippen molar-refractivity contribution < 1.29 is 18.7 Å². The van der Waals surface area contributed by atoms with E-state index in [-0.39, 0.29) is 5.56 Å². The van der Waals surface area contributed by atoms with Gasteiger partial charge in [0, 0.05) is 5.56 Å². The molecule has 0 aromatic heterocycles. The first-order valence-corrected chi connectivity index (χ1v) is 6.07. The first-order chi connectivity index (χ1) is 9.99. The van der Waals surface area contributed by atoms with E-state index in [9.17, 15) is 13.6 Å². The van der Waals surface area contributed by atoms with Crippen LogP contribution in [0, 0.1) is 11.6 Å². The molecule has 0 atom stereocenters. The van der Waals surface area contributed by atoms with E-state index in [4.69, 9.17) is 5.11 Å². The van der Waals surface area contributed by atoms with E-state index < -0.39 is 17.6 Å². The van der Waals surface area contributed by atoms with Crippen LogP contribution in [0.3, 0.4) is 0 Å². The number of anilines is 1. The molecule has 2 aromatic carbocycles. The third-order valence-corrected chi connectivity index (χ3v) is 2.84. The SMILES string of the molecule is CC(=NNc1ccccc1C(=O)O)c1ccc(F)c(F)c1. The molecule has 0 spiro atoms. The zero-order valence-corrected chi connectivity index (χ0v) is 11.1. The van der Waals surface area contributed by atoms with Crippen LogP contribution in [0.15, 0.2) is 47.6 Å². The summed E-state index contributed by atoms with van der Waals surface area (Å²) in [6, 6.07) is 9.69. The summed E-state index contributed by atoms with van der Waals surface area (Å²) in [7, 11) is 0. The first-order valence-electron chi connectivity index (χ1n) is 6.07. The molecule has 0 aliphatic rings. The van der Waals surface area contributed by atoms with Gasteiger partial charge in [-0.2, -0.15) is 5.10 Å². The van der Waals surface area contributed by atoms with Gasteiger partial charge in [0.2, 0.25) is 0 Å². The van der Waals surface area contributed by atoms with Gasteiger partial charge in [-0.05, 0) is 37.3 Å². The molecule has 0 unspecified atom stereocenters. The monoisotopic (exact) mass is 290 g/mol. The second kappa shape index (κ2) is 6.13. The highest BCUT2D eigenvalue weighted by Gasteiger charge is 2.09. The summed E-state index contributed by atoms with van der Waals surface area (Å²) in [6.45, 7) is 1.60. The molecule has 2 aromatic rings. The van der Waals surface area contributed by atoms with Gasteiger partial charge in [-0.3, -0.25) is 5.43 Å². The van der Waals surface area contributed by atoms with Crippen molar-refractivity contribution >= 4 is 17.4 Å². The second-order valence-corrected chi connectivity index (χ2v) is 4.29. The number of carboxylic acid groups (broad SMARTS) is 1. The second-order valence-electron chi connectivity index (χ2n) is 4.29. The molecule has 0 saturated carbocycles. The summed E-state index contributed by atoms with van der Waals surface area (Å²) in [5.74, 6) is -2.98. The Bertz CT molecular complexity index is 715. The molecule has 108 valence electrons. The van der Waals surface area contributed by atoms with Gasteiger partial charge in [-0.15, -0.1) is 0 Å². The minimum absolute atomic E-state index is 0.0688. The zero-order chi connectivity index (χ0) is 15.4. The third-order valence-electron chi connectivity index (χ3n) is 2.84. The van der Waals surface area contributed by atoms with E-state index in [1.54, 1.807) is 25.1 Å². The molecule has 2 N–H and O–H groups in total. The number of hydrazone groups is 1. The van der Waals surface area contributed by atoms with E-state index in [1.165, 1.54) is 12.1 Å². The number of halogens is 2. The van der Waals surface area contributed by atoms with Crippen molar-refractivity contribution in [1.82, 2.24) is 0 Å². The van der Waals surface area contributed by atoms with E-state index in [1.807, 2.05) is 0 Å². The average molecular weight is 290 g/mol. The molecule has 0 bridgehead atoms. The fourth-order valence-electron chi connectivity index (χ4n) is 1.70. The number of nitrogens with one attached hydrogen (secondary N) is 1. The number of hydrogen-bond donors (Lipinski definition) is 2. The molecule has 0 saturated heterocycles. The molecule has 0 aliphatic carbocycles. The fourth-order valence-corrected chi connectivity index (χ4v) is 1.70. The Kier molecular flexibility index (Phi) is 4.27. The van der Waals surface area contributed by atoms with Gasteiger partial charge in [0.05, 0.1) is 17.0 Å². The van der Waals surface area contributed by atoms with Gasteiger partial charge in [0.25, 0.3) is 0 Å². The van der Waals surface area contributed by atoms with Crippen molar-refractivity contribution in [2.45, 2.75) is 6.92 Å². The quantitative estimate of drug-likeness (QED) is 0.669. The van der Waals surface area contributed by atoms with E-state index in [2.05, 4.69) is 10.5 Å². The van der Waals surface area contributed by atoms with E-state index in [0.717, 1.165) is 12.1 Å². The predicted octanol–water partition coefficient (Wildman–Crippen LogP) is 3.50. The van der Waals surface area contributed by atoms with Crippen molar-refractivity contribution in [3.05, 3.63) is 65.2 Å². The fraction of sp³-hybridized carbons (Fsp3) is 0.0667. The van der Waals surface area contributed by atoms with Gasteiger partial charge in [0.1, 0.15) is 0 Å². The zero-order valence-electron chi connectivity index (χ0n) is 11.1. The van der Waals surface area contributed by atoms with Crippen LogP contribution in [0.1, 0.15) is 22.8 Å². The highest BCUT2D eigenvalue weighted by molar-refractivity contribution is 5.99. The first kappa shape index (κ1) is 14.6. The Balaban J connectivity index is 2.24. The van der Waals surface area contributed by atoms with Crippen LogP contribution >= 0.6 is 0 Å². The third kappa shape index (κ3) is 3.42. The maximum atomic E-state index is 13.1. The van der Waals surface area contributed by atoms with E-state index >= 15 is 0 Å². The molecule has 0 fully saturated rings. The maximum Gasteiger partial charge on any atom is 0.337 e. The van der Waals surface area contributed by atoms with Crippen LogP contribution in [-0.2, 0) is 0 Å². The molecule has 2 rings (SSSR count). The maximum absolute atomic E-state index is 13.1. The van der Waals surface area contributed by atoms with Crippen molar-refractivity contribution in [2.24, 2.45) is 5.10 Å². The van der Waals surface area contributed by atoms with Gasteiger partial charge in [-0.1, -0.05) is 12.1 Å². The molecule has 6 heteroatoms. The number of para-hydroxylation sites is 1. The molecule has 0 heterocycles. The lowest BCUT2D eigenvalue weighted by molar-refractivity contribution is 0.0698. The van der Waals surface area contributed by atoms with Crippen molar-refractivity contribution in [1.29, 1.82) is 0 Å². The van der Waals surface area contributed by atoms with E-state index in [0.29, 0.717) is 17.0 Å². The lowest BCUT2D eigenvalue weighted by Gasteiger charge is -2.06.